The maximum atomic E-state index is 12.0. The Kier molecular flexibility index (Phi) is 10.1. The van der Waals surface area contributed by atoms with Crippen molar-refractivity contribution in [2.75, 3.05) is 25.6 Å². The maximum Gasteiger partial charge on any atom is 0.240 e. The molecule has 0 radical (unpaired) electrons. The van der Waals surface area contributed by atoms with Crippen LogP contribution in [0.5, 0.6) is 17.2 Å². The number of hydrogen-bond donors (Lipinski definition) is 2. The first-order chi connectivity index (χ1) is 15.0. The molecule has 0 aliphatic rings. The van der Waals surface area contributed by atoms with Crippen LogP contribution in [0.4, 0.5) is 5.69 Å². The van der Waals surface area contributed by atoms with Gasteiger partial charge in [0.15, 0.2) is 11.5 Å². The Hall–Kier alpha value is -2.82. The Bertz CT molecular complexity index is 916. The molecule has 0 atom stereocenters. The maximum absolute atomic E-state index is 12.0. The molecule has 2 amide bonds. The monoisotopic (exact) mass is 539 g/mol. The molecule has 2 N–H and O–H groups in total. The number of nitrogens with zero attached hydrogens (tertiary/aromatic N) is 1. The largest absolute Gasteiger partial charge is 0.497 e. The van der Waals surface area contributed by atoms with Gasteiger partial charge in [-0.25, -0.2) is 5.43 Å². The molecule has 0 saturated carbocycles. The molecule has 0 fully saturated rings. The van der Waals surface area contributed by atoms with Crippen LogP contribution in [0.15, 0.2) is 41.5 Å². The molecule has 2 aromatic carbocycles. The second-order valence-electron chi connectivity index (χ2n) is 6.27. The number of hydrazone groups is 1. The summed E-state index contributed by atoms with van der Waals surface area (Å²) in [6, 6.07) is 10.6. The molecule has 9 heteroatoms. The van der Waals surface area contributed by atoms with E-state index in [0.717, 1.165) is 9.13 Å². The zero-order valence-electron chi connectivity index (χ0n) is 17.7. The Morgan fingerprint density at radius 3 is 2.35 bits per heavy atom. The Morgan fingerprint density at radius 2 is 1.71 bits per heavy atom. The first-order valence-corrected chi connectivity index (χ1v) is 10.9. The second-order valence-corrected chi connectivity index (χ2v) is 7.43. The summed E-state index contributed by atoms with van der Waals surface area (Å²) in [5.74, 6) is 1.40. The van der Waals surface area contributed by atoms with E-state index in [1.807, 2.05) is 19.9 Å². The molecule has 8 nitrogen and oxygen atoms in total. The van der Waals surface area contributed by atoms with E-state index in [0.29, 0.717) is 36.1 Å². The van der Waals surface area contributed by atoms with Gasteiger partial charge in [-0.2, -0.15) is 5.10 Å². The third kappa shape index (κ3) is 8.08. The zero-order chi connectivity index (χ0) is 22.6. The van der Waals surface area contributed by atoms with Crippen molar-refractivity contribution in [3.05, 3.63) is 45.5 Å². The van der Waals surface area contributed by atoms with Crippen molar-refractivity contribution < 1.29 is 23.8 Å². The number of benzene rings is 2. The van der Waals surface area contributed by atoms with Crippen LogP contribution >= 0.6 is 22.6 Å². The summed E-state index contributed by atoms with van der Waals surface area (Å²) in [5.41, 5.74) is 3.83. The highest BCUT2D eigenvalue weighted by atomic mass is 127. The quantitative estimate of drug-likeness (QED) is 0.256. The summed E-state index contributed by atoms with van der Waals surface area (Å²) in [5, 5.41) is 6.70. The van der Waals surface area contributed by atoms with Gasteiger partial charge in [-0.15, -0.1) is 0 Å². The predicted molar refractivity (Wildman–Crippen MR) is 128 cm³/mol. The number of nitrogens with one attached hydrogen (secondary N) is 2. The Labute approximate surface area is 195 Å². The molecule has 0 aliphatic heterocycles. The van der Waals surface area contributed by atoms with E-state index in [1.165, 1.54) is 6.21 Å². The fourth-order valence-corrected chi connectivity index (χ4v) is 3.35. The SMILES string of the molecule is CCOc1cc(C=NNC(=O)CCC(=O)Nc2ccc(OC)cc2)cc(I)c1OCC. The van der Waals surface area contributed by atoms with Crippen LogP contribution in [0.25, 0.3) is 0 Å². The van der Waals surface area contributed by atoms with Crippen molar-refractivity contribution in [1.29, 1.82) is 0 Å². The van der Waals surface area contributed by atoms with Crippen LogP contribution in [0.2, 0.25) is 0 Å². The van der Waals surface area contributed by atoms with Gasteiger partial charge in [-0.1, -0.05) is 0 Å². The molecule has 2 rings (SSSR count). The third-order valence-corrected chi connectivity index (χ3v) is 4.78. The lowest BCUT2D eigenvalue weighted by atomic mass is 10.2. The first-order valence-electron chi connectivity index (χ1n) is 9.81. The van der Waals surface area contributed by atoms with E-state index in [-0.39, 0.29) is 24.7 Å². The van der Waals surface area contributed by atoms with Gasteiger partial charge in [0, 0.05) is 18.5 Å². The van der Waals surface area contributed by atoms with Crippen LogP contribution in [0.1, 0.15) is 32.3 Å². The second kappa shape index (κ2) is 12.8. The number of carbonyl (C=O) groups excluding carboxylic acids is 2. The van der Waals surface area contributed by atoms with E-state index in [4.69, 9.17) is 14.2 Å². The minimum atomic E-state index is -0.355. The fourth-order valence-electron chi connectivity index (χ4n) is 2.57. The molecule has 166 valence electrons. The smallest absolute Gasteiger partial charge is 0.240 e. The van der Waals surface area contributed by atoms with Gasteiger partial charge in [0.1, 0.15) is 5.75 Å². The number of amides is 2. The molecule has 2 aromatic rings. The molecule has 31 heavy (non-hydrogen) atoms. The minimum Gasteiger partial charge on any atom is -0.497 e. The van der Waals surface area contributed by atoms with E-state index in [9.17, 15) is 9.59 Å². The molecule has 0 unspecified atom stereocenters. The van der Waals surface area contributed by atoms with Gasteiger partial charge in [0.05, 0.1) is 30.1 Å². The third-order valence-electron chi connectivity index (χ3n) is 3.98. The highest BCUT2D eigenvalue weighted by molar-refractivity contribution is 14.1. The van der Waals surface area contributed by atoms with E-state index < -0.39 is 0 Å². The van der Waals surface area contributed by atoms with E-state index in [2.05, 4.69) is 38.4 Å². The van der Waals surface area contributed by atoms with Gasteiger partial charge >= 0.3 is 0 Å². The summed E-state index contributed by atoms with van der Waals surface area (Å²) in [4.78, 5) is 24.0. The Morgan fingerprint density at radius 1 is 1.03 bits per heavy atom. The molecule has 0 saturated heterocycles. The van der Waals surface area contributed by atoms with Crippen molar-refractivity contribution in [3.8, 4) is 17.2 Å². The molecule has 0 heterocycles. The van der Waals surface area contributed by atoms with Crippen molar-refractivity contribution in [2.45, 2.75) is 26.7 Å². The molecule has 0 spiro atoms. The minimum absolute atomic E-state index is 0.0182. The lowest BCUT2D eigenvalue weighted by Crippen LogP contribution is -2.20. The molecular weight excluding hydrogens is 513 g/mol. The van der Waals surface area contributed by atoms with E-state index >= 15 is 0 Å². The van der Waals surface area contributed by atoms with Gasteiger partial charge in [-0.05, 0) is 78.4 Å². The summed E-state index contributed by atoms with van der Waals surface area (Å²) in [7, 11) is 1.57. The normalized spacial score (nSPS) is 10.6. The molecular formula is C22H26IN3O5. The zero-order valence-corrected chi connectivity index (χ0v) is 19.9. The molecule has 0 aromatic heterocycles. The number of carbonyl (C=O) groups is 2. The van der Waals surface area contributed by atoms with Crippen LogP contribution in [-0.4, -0.2) is 38.4 Å². The fraction of sp³-hybridized carbons (Fsp3) is 0.318. The summed E-state index contributed by atoms with van der Waals surface area (Å²) in [6.07, 6.45) is 1.59. The number of rotatable bonds is 11. The van der Waals surface area contributed by atoms with Crippen LogP contribution in [0, 0.1) is 3.57 Å². The van der Waals surface area contributed by atoms with Crippen LogP contribution in [-0.2, 0) is 9.59 Å². The first kappa shape index (κ1) is 24.4. The number of ether oxygens (including phenoxy) is 3. The van der Waals surface area contributed by atoms with Gasteiger partial charge < -0.3 is 19.5 Å². The molecule has 0 bridgehead atoms. The predicted octanol–water partition coefficient (Wildman–Crippen LogP) is 3.97. The standard InChI is InChI=1S/C22H26IN3O5/c1-4-30-19-13-15(12-18(23)22(19)31-5-2)14-24-26-21(28)11-10-20(27)25-16-6-8-17(29-3)9-7-16/h6-9,12-14H,4-5,10-11H2,1-3H3,(H,25,27)(H,26,28). The van der Waals surface area contributed by atoms with Gasteiger partial charge in [-0.3, -0.25) is 9.59 Å². The van der Waals surface area contributed by atoms with Gasteiger partial charge in [0.25, 0.3) is 0 Å². The number of hydrogen-bond acceptors (Lipinski definition) is 6. The van der Waals surface area contributed by atoms with Crippen molar-refractivity contribution in [2.24, 2.45) is 5.10 Å². The highest BCUT2D eigenvalue weighted by Gasteiger charge is 2.11. The number of anilines is 1. The lowest BCUT2D eigenvalue weighted by Gasteiger charge is -2.13. The summed E-state index contributed by atoms with van der Waals surface area (Å²) < 4.78 is 17.2. The lowest BCUT2D eigenvalue weighted by molar-refractivity contribution is -0.124. The number of methoxy groups -OCH3 is 1. The topological polar surface area (TPSA) is 98.2 Å². The van der Waals surface area contributed by atoms with Crippen LogP contribution in [0.3, 0.4) is 0 Å². The average molecular weight is 539 g/mol. The van der Waals surface area contributed by atoms with E-state index in [1.54, 1.807) is 37.4 Å². The Balaban J connectivity index is 1.85. The van der Waals surface area contributed by atoms with Crippen molar-refractivity contribution in [3.63, 3.8) is 0 Å². The molecule has 0 aliphatic carbocycles. The average Bonchev–Trinajstić information content (AvgIpc) is 2.75. The van der Waals surface area contributed by atoms with Crippen molar-refractivity contribution >= 4 is 46.3 Å². The summed E-state index contributed by atoms with van der Waals surface area (Å²) in [6.45, 7) is 4.85. The highest BCUT2D eigenvalue weighted by Crippen LogP contribution is 2.33. The van der Waals surface area contributed by atoms with Crippen molar-refractivity contribution in [1.82, 2.24) is 5.43 Å². The van der Waals surface area contributed by atoms with Gasteiger partial charge in [0.2, 0.25) is 11.8 Å². The summed E-state index contributed by atoms with van der Waals surface area (Å²) >= 11 is 2.17. The number of halogens is 1. The van der Waals surface area contributed by atoms with Crippen LogP contribution < -0.4 is 25.0 Å².